The molecule has 3 atom stereocenters. The van der Waals surface area contributed by atoms with E-state index in [2.05, 4.69) is 10.6 Å². The van der Waals surface area contributed by atoms with Crippen molar-refractivity contribution in [2.24, 2.45) is 5.92 Å². The number of nitrogens with one attached hydrogen (secondary N) is 2. The number of hydrogen-bond acceptors (Lipinski definition) is 5. The predicted molar refractivity (Wildman–Crippen MR) is 75.8 cm³/mol. The summed E-state index contributed by atoms with van der Waals surface area (Å²) < 4.78 is 0. The Morgan fingerprint density at radius 3 is 1.96 bits per heavy atom. The van der Waals surface area contributed by atoms with Crippen molar-refractivity contribution in [1.29, 1.82) is 0 Å². The van der Waals surface area contributed by atoms with Crippen molar-refractivity contribution >= 4 is 30.2 Å². The smallest absolute Gasteiger partial charge is 0.326 e. The minimum atomic E-state index is -1.36. The van der Waals surface area contributed by atoms with E-state index in [4.69, 9.17) is 15.3 Å². The van der Waals surface area contributed by atoms with Crippen LogP contribution >= 0.6 is 0 Å². The maximum absolute atomic E-state index is 11.7. The third kappa shape index (κ3) is 9.06. The SMILES string of the molecule is CC(CC(=O)O)CC(NC(=O)NC(CCC=O)C(=O)O)C(=O)O. The van der Waals surface area contributed by atoms with Gasteiger partial charge in [0.1, 0.15) is 18.4 Å². The molecule has 0 fully saturated rings. The van der Waals surface area contributed by atoms with E-state index in [1.54, 1.807) is 0 Å². The van der Waals surface area contributed by atoms with E-state index in [-0.39, 0.29) is 25.7 Å². The highest BCUT2D eigenvalue weighted by Crippen LogP contribution is 2.11. The summed E-state index contributed by atoms with van der Waals surface area (Å²) in [5, 5.41) is 30.7. The lowest BCUT2D eigenvalue weighted by molar-refractivity contribution is -0.141. The van der Waals surface area contributed by atoms with Crippen LogP contribution in [0, 0.1) is 5.92 Å². The molecule has 0 heterocycles. The number of carbonyl (C=O) groups excluding carboxylic acids is 2. The molecular formula is C13H20N2O8. The van der Waals surface area contributed by atoms with Crippen LogP contribution in [0.5, 0.6) is 0 Å². The molecule has 0 aromatic heterocycles. The van der Waals surface area contributed by atoms with Crippen molar-refractivity contribution < 1.29 is 39.3 Å². The molecule has 0 aliphatic rings. The van der Waals surface area contributed by atoms with Gasteiger partial charge in [-0.05, 0) is 18.8 Å². The van der Waals surface area contributed by atoms with Gasteiger partial charge in [-0.2, -0.15) is 0 Å². The van der Waals surface area contributed by atoms with Crippen LogP contribution in [0.25, 0.3) is 0 Å². The number of carboxylic acids is 3. The molecule has 0 saturated carbocycles. The molecule has 5 N–H and O–H groups in total. The number of carbonyl (C=O) groups is 5. The number of aliphatic carboxylic acids is 3. The van der Waals surface area contributed by atoms with E-state index in [1.165, 1.54) is 6.92 Å². The number of rotatable bonds is 11. The Bertz CT molecular complexity index is 465. The number of urea groups is 1. The van der Waals surface area contributed by atoms with E-state index < -0.39 is 41.9 Å². The van der Waals surface area contributed by atoms with E-state index in [1.807, 2.05) is 0 Å². The van der Waals surface area contributed by atoms with Gasteiger partial charge < -0.3 is 30.7 Å². The summed E-state index contributed by atoms with van der Waals surface area (Å²) >= 11 is 0. The molecule has 23 heavy (non-hydrogen) atoms. The maximum atomic E-state index is 11.7. The first kappa shape index (κ1) is 20.3. The molecular weight excluding hydrogens is 312 g/mol. The summed E-state index contributed by atoms with van der Waals surface area (Å²) in [4.78, 5) is 54.5. The van der Waals surface area contributed by atoms with Gasteiger partial charge in [-0.3, -0.25) is 4.79 Å². The van der Waals surface area contributed by atoms with Crippen molar-refractivity contribution in [2.45, 2.75) is 44.7 Å². The summed E-state index contributed by atoms with van der Waals surface area (Å²) in [5.41, 5.74) is 0. The van der Waals surface area contributed by atoms with E-state index in [0.717, 1.165) is 0 Å². The molecule has 0 aliphatic carbocycles. The van der Waals surface area contributed by atoms with Gasteiger partial charge in [-0.15, -0.1) is 0 Å². The molecule has 0 aliphatic heterocycles. The summed E-state index contributed by atoms with van der Waals surface area (Å²) in [7, 11) is 0. The van der Waals surface area contributed by atoms with Gasteiger partial charge in [-0.1, -0.05) is 6.92 Å². The van der Waals surface area contributed by atoms with Gasteiger partial charge in [0.25, 0.3) is 0 Å². The second-order valence-corrected chi connectivity index (χ2v) is 5.08. The Morgan fingerprint density at radius 1 is 1.00 bits per heavy atom. The van der Waals surface area contributed by atoms with Crippen molar-refractivity contribution in [1.82, 2.24) is 10.6 Å². The predicted octanol–water partition coefficient (Wildman–Crippen LogP) is -0.328. The molecule has 130 valence electrons. The van der Waals surface area contributed by atoms with Gasteiger partial charge in [0.15, 0.2) is 0 Å². The fourth-order valence-electron chi connectivity index (χ4n) is 1.86. The first-order valence-electron chi connectivity index (χ1n) is 6.85. The quantitative estimate of drug-likeness (QED) is 0.320. The summed E-state index contributed by atoms with van der Waals surface area (Å²) in [5.74, 6) is -4.31. The molecule has 0 aromatic carbocycles. The lowest BCUT2D eigenvalue weighted by Crippen LogP contribution is -2.51. The molecule has 0 radical (unpaired) electrons. The lowest BCUT2D eigenvalue weighted by Gasteiger charge is -2.20. The van der Waals surface area contributed by atoms with Crippen molar-refractivity contribution in [2.75, 3.05) is 0 Å². The summed E-state index contributed by atoms with van der Waals surface area (Å²) in [6.07, 6.45) is -0.0802. The zero-order valence-electron chi connectivity index (χ0n) is 12.5. The van der Waals surface area contributed by atoms with Crippen LogP contribution in [0.4, 0.5) is 4.79 Å². The molecule has 3 unspecified atom stereocenters. The number of aldehydes is 1. The topological polar surface area (TPSA) is 170 Å². The number of amides is 2. The van der Waals surface area contributed by atoms with Crippen LogP contribution in [0.1, 0.15) is 32.6 Å². The Morgan fingerprint density at radius 2 is 1.52 bits per heavy atom. The van der Waals surface area contributed by atoms with Gasteiger partial charge in [-0.25, -0.2) is 14.4 Å². The highest BCUT2D eigenvalue weighted by Gasteiger charge is 2.26. The van der Waals surface area contributed by atoms with E-state index >= 15 is 0 Å². The highest BCUT2D eigenvalue weighted by molar-refractivity contribution is 5.86. The molecule has 10 heteroatoms. The van der Waals surface area contributed by atoms with Gasteiger partial charge in [0, 0.05) is 12.8 Å². The fourth-order valence-corrected chi connectivity index (χ4v) is 1.86. The summed E-state index contributed by atoms with van der Waals surface area (Å²) in [6.45, 7) is 1.52. The molecule has 10 nitrogen and oxygen atoms in total. The lowest BCUT2D eigenvalue weighted by atomic mass is 9.98. The van der Waals surface area contributed by atoms with Crippen LogP contribution in [0.2, 0.25) is 0 Å². The molecule has 0 aromatic rings. The Kier molecular flexibility index (Phi) is 8.97. The Balaban J connectivity index is 4.64. The Hall–Kier alpha value is -2.65. The van der Waals surface area contributed by atoms with Gasteiger partial charge in [0.2, 0.25) is 0 Å². The van der Waals surface area contributed by atoms with E-state index in [0.29, 0.717) is 6.29 Å². The normalized spacial score (nSPS) is 14.1. The third-order valence-corrected chi connectivity index (χ3v) is 2.94. The zero-order valence-corrected chi connectivity index (χ0v) is 12.5. The van der Waals surface area contributed by atoms with E-state index in [9.17, 15) is 24.0 Å². The van der Waals surface area contributed by atoms with Crippen molar-refractivity contribution in [3.63, 3.8) is 0 Å². The molecule has 0 rings (SSSR count). The number of carboxylic acid groups (broad SMARTS) is 3. The fraction of sp³-hybridized carbons (Fsp3) is 0.615. The van der Waals surface area contributed by atoms with Crippen LogP contribution < -0.4 is 10.6 Å². The minimum absolute atomic E-state index is 0.0742. The summed E-state index contributed by atoms with van der Waals surface area (Å²) in [6, 6.07) is -3.70. The largest absolute Gasteiger partial charge is 0.481 e. The molecule has 0 bridgehead atoms. The molecule has 0 saturated heterocycles. The third-order valence-electron chi connectivity index (χ3n) is 2.94. The first-order chi connectivity index (χ1) is 10.7. The highest BCUT2D eigenvalue weighted by atomic mass is 16.4. The standard InChI is InChI=1S/C13H20N2O8/c1-7(6-10(17)18)5-9(12(21)22)15-13(23)14-8(11(19)20)3-2-4-16/h4,7-9H,2-3,5-6H2,1H3,(H,17,18)(H,19,20)(H,21,22)(H2,14,15,23). The monoisotopic (exact) mass is 332 g/mol. The average Bonchev–Trinajstić information content (AvgIpc) is 2.41. The van der Waals surface area contributed by atoms with Crippen LogP contribution in [0.3, 0.4) is 0 Å². The van der Waals surface area contributed by atoms with Crippen LogP contribution in [-0.4, -0.2) is 57.6 Å². The van der Waals surface area contributed by atoms with Gasteiger partial charge >= 0.3 is 23.9 Å². The van der Waals surface area contributed by atoms with Crippen LogP contribution in [0.15, 0.2) is 0 Å². The molecule has 2 amide bonds. The zero-order chi connectivity index (χ0) is 18.0. The second-order valence-electron chi connectivity index (χ2n) is 5.08. The average molecular weight is 332 g/mol. The van der Waals surface area contributed by atoms with Crippen molar-refractivity contribution in [3.05, 3.63) is 0 Å². The second kappa shape index (κ2) is 10.1. The minimum Gasteiger partial charge on any atom is -0.481 e. The van der Waals surface area contributed by atoms with Gasteiger partial charge in [0.05, 0.1) is 0 Å². The molecule has 0 spiro atoms. The Labute approximate surface area is 131 Å². The maximum Gasteiger partial charge on any atom is 0.326 e. The first-order valence-corrected chi connectivity index (χ1v) is 6.85. The number of hydrogen-bond donors (Lipinski definition) is 5. The van der Waals surface area contributed by atoms with Crippen molar-refractivity contribution in [3.8, 4) is 0 Å². The van der Waals surface area contributed by atoms with Crippen LogP contribution in [-0.2, 0) is 19.2 Å².